The van der Waals surface area contributed by atoms with Crippen LogP contribution in [0.15, 0.2) is 18.3 Å². The summed E-state index contributed by atoms with van der Waals surface area (Å²) in [5.74, 6) is 0.953. The summed E-state index contributed by atoms with van der Waals surface area (Å²) < 4.78 is 1.95. The second kappa shape index (κ2) is 5.71. The van der Waals surface area contributed by atoms with Crippen LogP contribution < -0.4 is 0 Å². The number of carbonyl (C=O) groups excluding carboxylic acids is 1. The van der Waals surface area contributed by atoms with Gasteiger partial charge in [0.2, 0.25) is 0 Å². The van der Waals surface area contributed by atoms with Crippen LogP contribution in [-0.4, -0.2) is 44.9 Å². The minimum absolute atomic E-state index is 0.543. The monoisotopic (exact) mass is 272 g/mol. The molecule has 0 saturated carbocycles. The van der Waals surface area contributed by atoms with E-state index >= 15 is 0 Å². The first-order valence-corrected chi connectivity index (χ1v) is 7.35. The number of pyridine rings is 1. The van der Waals surface area contributed by atoms with Gasteiger partial charge in [0.1, 0.15) is 5.82 Å². The Kier molecular flexibility index (Phi) is 3.78. The van der Waals surface area contributed by atoms with Crippen molar-refractivity contribution in [1.82, 2.24) is 19.5 Å². The normalized spacial score (nSPS) is 20.4. The molecule has 0 bridgehead atoms. The van der Waals surface area contributed by atoms with Crippen LogP contribution in [0, 0.1) is 0 Å². The number of likely N-dealkylation sites (N-methyl/N-ethyl adjacent to an activating group) is 1. The minimum Gasteiger partial charge on any atom is -0.300 e. The molecule has 3 heterocycles. The maximum absolute atomic E-state index is 11.0. The van der Waals surface area contributed by atoms with Gasteiger partial charge in [0.25, 0.3) is 0 Å². The van der Waals surface area contributed by atoms with Gasteiger partial charge in [0.05, 0.1) is 5.56 Å². The first-order valence-electron chi connectivity index (χ1n) is 7.35. The fourth-order valence-electron chi connectivity index (χ4n) is 3.13. The Labute approximate surface area is 118 Å². The van der Waals surface area contributed by atoms with E-state index in [4.69, 9.17) is 0 Å². The van der Waals surface area contributed by atoms with Crippen molar-refractivity contribution >= 4 is 11.9 Å². The lowest BCUT2D eigenvalue weighted by Gasteiger charge is -2.34. The summed E-state index contributed by atoms with van der Waals surface area (Å²) in [5, 5.41) is 8.46. The molecular formula is C15H20N4O. The van der Waals surface area contributed by atoms with E-state index in [-0.39, 0.29) is 0 Å². The third-order valence-electron chi connectivity index (χ3n) is 4.24. The summed E-state index contributed by atoms with van der Waals surface area (Å²) in [7, 11) is 0. The van der Waals surface area contributed by atoms with E-state index in [1.54, 1.807) is 6.07 Å². The Morgan fingerprint density at radius 1 is 1.40 bits per heavy atom. The number of nitrogens with zero attached hydrogens (tertiary/aromatic N) is 4. The number of aldehydes is 1. The van der Waals surface area contributed by atoms with E-state index in [1.165, 1.54) is 25.8 Å². The molecule has 1 saturated heterocycles. The van der Waals surface area contributed by atoms with Crippen LogP contribution in [0.4, 0.5) is 0 Å². The zero-order valence-electron chi connectivity index (χ0n) is 11.8. The lowest BCUT2D eigenvalue weighted by atomic mass is 9.99. The number of piperidine rings is 1. The van der Waals surface area contributed by atoms with E-state index in [0.29, 0.717) is 17.3 Å². The van der Waals surface area contributed by atoms with Crippen molar-refractivity contribution in [2.45, 2.75) is 38.6 Å². The molecule has 1 unspecified atom stereocenters. The molecule has 0 N–H and O–H groups in total. The standard InChI is InChI=1S/C15H20N4O/c1-2-18-8-4-3-7-13(18)10-14-16-17-15-12(11-20)6-5-9-19(14)15/h5-6,9,11,13H,2-4,7-8,10H2,1H3. The quantitative estimate of drug-likeness (QED) is 0.798. The molecule has 1 aliphatic heterocycles. The van der Waals surface area contributed by atoms with Gasteiger partial charge in [-0.05, 0) is 38.1 Å². The molecule has 5 nitrogen and oxygen atoms in total. The van der Waals surface area contributed by atoms with E-state index < -0.39 is 0 Å². The average molecular weight is 272 g/mol. The molecule has 0 aromatic carbocycles. The van der Waals surface area contributed by atoms with Gasteiger partial charge in [-0.2, -0.15) is 0 Å². The average Bonchev–Trinajstić information content (AvgIpc) is 2.91. The van der Waals surface area contributed by atoms with Crippen LogP contribution in [-0.2, 0) is 6.42 Å². The van der Waals surface area contributed by atoms with Crippen molar-refractivity contribution in [2.75, 3.05) is 13.1 Å². The van der Waals surface area contributed by atoms with Crippen LogP contribution in [0.1, 0.15) is 42.4 Å². The summed E-state index contributed by atoms with van der Waals surface area (Å²) in [5.41, 5.74) is 1.26. The third kappa shape index (κ3) is 2.33. The molecule has 3 rings (SSSR count). The SMILES string of the molecule is CCN1CCCCC1Cc1nnc2c(C=O)cccn12. The predicted molar refractivity (Wildman–Crippen MR) is 77.0 cm³/mol. The van der Waals surface area contributed by atoms with Gasteiger partial charge in [-0.3, -0.25) is 9.20 Å². The van der Waals surface area contributed by atoms with Crippen molar-refractivity contribution in [3.8, 4) is 0 Å². The van der Waals surface area contributed by atoms with Crippen molar-refractivity contribution in [3.05, 3.63) is 29.7 Å². The van der Waals surface area contributed by atoms with Gasteiger partial charge in [0.15, 0.2) is 11.9 Å². The highest BCUT2D eigenvalue weighted by Gasteiger charge is 2.23. The Hall–Kier alpha value is -1.75. The Morgan fingerprint density at radius 2 is 2.30 bits per heavy atom. The van der Waals surface area contributed by atoms with Crippen LogP contribution >= 0.6 is 0 Å². The number of aromatic nitrogens is 3. The van der Waals surface area contributed by atoms with Crippen LogP contribution in [0.2, 0.25) is 0 Å². The number of carbonyl (C=O) groups is 1. The number of likely N-dealkylation sites (tertiary alicyclic amines) is 1. The van der Waals surface area contributed by atoms with E-state index in [0.717, 1.165) is 25.1 Å². The molecule has 1 fully saturated rings. The zero-order valence-corrected chi connectivity index (χ0v) is 11.8. The number of fused-ring (bicyclic) bond motifs is 1. The largest absolute Gasteiger partial charge is 0.300 e. The molecule has 0 amide bonds. The highest BCUT2D eigenvalue weighted by atomic mass is 16.1. The summed E-state index contributed by atoms with van der Waals surface area (Å²) in [4.78, 5) is 13.6. The summed E-state index contributed by atoms with van der Waals surface area (Å²) >= 11 is 0. The molecule has 106 valence electrons. The Balaban J connectivity index is 1.89. The molecule has 0 radical (unpaired) electrons. The van der Waals surface area contributed by atoms with Crippen LogP contribution in [0.25, 0.3) is 5.65 Å². The van der Waals surface area contributed by atoms with Gasteiger partial charge in [-0.15, -0.1) is 10.2 Å². The maximum atomic E-state index is 11.0. The third-order valence-corrected chi connectivity index (χ3v) is 4.24. The van der Waals surface area contributed by atoms with Gasteiger partial charge >= 0.3 is 0 Å². The molecule has 5 heteroatoms. The summed E-state index contributed by atoms with van der Waals surface area (Å²) in [6.45, 7) is 4.48. The van der Waals surface area contributed by atoms with Gasteiger partial charge in [-0.25, -0.2) is 0 Å². The smallest absolute Gasteiger partial charge is 0.171 e. The van der Waals surface area contributed by atoms with Crippen molar-refractivity contribution in [2.24, 2.45) is 0 Å². The second-order valence-corrected chi connectivity index (χ2v) is 5.37. The first-order chi connectivity index (χ1) is 9.83. The molecule has 2 aromatic heterocycles. The van der Waals surface area contributed by atoms with Gasteiger partial charge in [-0.1, -0.05) is 13.3 Å². The van der Waals surface area contributed by atoms with Crippen LogP contribution in [0.5, 0.6) is 0 Å². The maximum Gasteiger partial charge on any atom is 0.171 e. The lowest BCUT2D eigenvalue weighted by Crippen LogP contribution is -2.40. The van der Waals surface area contributed by atoms with E-state index in [1.807, 2.05) is 16.7 Å². The van der Waals surface area contributed by atoms with Gasteiger partial charge in [0, 0.05) is 18.7 Å². The summed E-state index contributed by atoms with van der Waals surface area (Å²) in [6.07, 6.45) is 7.48. The Bertz CT molecular complexity index is 607. The van der Waals surface area contributed by atoms with Crippen LogP contribution in [0.3, 0.4) is 0 Å². The number of hydrogen-bond acceptors (Lipinski definition) is 4. The molecule has 1 atom stereocenters. The fourth-order valence-corrected chi connectivity index (χ4v) is 3.13. The highest BCUT2D eigenvalue weighted by Crippen LogP contribution is 2.20. The second-order valence-electron chi connectivity index (χ2n) is 5.37. The molecule has 20 heavy (non-hydrogen) atoms. The molecular weight excluding hydrogens is 252 g/mol. The van der Waals surface area contributed by atoms with Crippen molar-refractivity contribution in [3.63, 3.8) is 0 Å². The molecule has 0 spiro atoms. The first kappa shape index (κ1) is 13.2. The Morgan fingerprint density at radius 3 is 3.10 bits per heavy atom. The number of rotatable bonds is 4. The van der Waals surface area contributed by atoms with Crippen molar-refractivity contribution in [1.29, 1.82) is 0 Å². The zero-order chi connectivity index (χ0) is 13.9. The lowest BCUT2D eigenvalue weighted by molar-refractivity contribution is 0.112. The highest BCUT2D eigenvalue weighted by molar-refractivity contribution is 5.83. The molecule has 0 aliphatic carbocycles. The summed E-state index contributed by atoms with van der Waals surface area (Å²) in [6, 6.07) is 4.20. The topological polar surface area (TPSA) is 50.5 Å². The molecule has 2 aromatic rings. The molecule has 1 aliphatic rings. The fraction of sp³-hybridized carbons (Fsp3) is 0.533. The minimum atomic E-state index is 0.543. The van der Waals surface area contributed by atoms with E-state index in [2.05, 4.69) is 22.0 Å². The van der Waals surface area contributed by atoms with Gasteiger partial charge < -0.3 is 4.90 Å². The predicted octanol–water partition coefficient (Wildman–Crippen LogP) is 1.96. The number of hydrogen-bond donors (Lipinski definition) is 0. The van der Waals surface area contributed by atoms with Crippen molar-refractivity contribution < 1.29 is 4.79 Å². The van der Waals surface area contributed by atoms with E-state index in [9.17, 15) is 4.79 Å².